The number of amides is 1. The Morgan fingerprint density at radius 3 is 2.54 bits per heavy atom. The molecule has 0 aliphatic rings. The standard InChI is InChI=1S/C27H26FNO6S2/c1-4-36-17(3)25-26(24(31)22-14-19(28)7-10-23(22)35-25)34-12-11-33-20-8-5-18(6-9-20)16(2)13-21(15-30)37-27(29)32/h4-10,14-16,21H,1,3,11-13H2,2H3,(H2,29,32). The molecule has 0 spiro atoms. The fraction of sp³-hybridized carbons (Fsp3) is 0.222. The van der Waals surface area contributed by atoms with Gasteiger partial charge in [-0.1, -0.05) is 55.7 Å². The van der Waals surface area contributed by atoms with Gasteiger partial charge < -0.3 is 24.4 Å². The number of thioether (sulfide) groups is 2. The first-order valence-electron chi connectivity index (χ1n) is 11.2. The molecule has 0 aliphatic heterocycles. The number of benzene rings is 2. The average Bonchev–Trinajstić information content (AvgIpc) is 2.87. The summed E-state index contributed by atoms with van der Waals surface area (Å²) in [4.78, 5) is 35.7. The molecule has 10 heteroatoms. The molecule has 1 heterocycles. The number of ether oxygens (including phenoxy) is 2. The third kappa shape index (κ3) is 7.50. The van der Waals surface area contributed by atoms with E-state index in [2.05, 4.69) is 13.2 Å². The largest absolute Gasteiger partial charge is 0.490 e. The molecule has 7 nitrogen and oxygen atoms in total. The summed E-state index contributed by atoms with van der Waals surface area (Å²) in [5.74, 6) is 0.111. The molecule has 1 aromatic heterocycles. The molecule has 2 atom stereocenters. The predicted molar refractivity (Wildman–Crippen MR) is 147 cm³/mol. The van der Waals surface area contributed by atoms with Crippen molar-refractivity contribution in [3.05, 3.63) is 88.4 Å². The van der Waals surface area contributed by atoms with Gasteiger partial charge in [0.25, 0.3) is 5.24 Å². The molecule has 194 valence electrons. The highest BCUT2D eigenvalue weighted by Crippen LogP contribution is 2.34. The van der Waals surface area contributed by atoms with Gasteiger partial charge in [-0.2, -0.15) is 0 Å². The van der Waals surface area contributed by atoms with Gasteiger partial charge in [0.15, 0.2) is 5.76 Å². The van der Waals surface area contributed by atoms with Gasteiger partial charge in [0.2, 0.25) is 11.2 Å². The molecule has 1 amide bonds. The smallest absolute Gasteiger partial charge is 0.277 e. The van der Waals surface area contributed by atoms with E-state index in [1.165, 1.54) is 23.9 Å². The maximum Gasteiger partial charge on any atom is 0.277 e. The summed E-state index contributed by atoms with van der Waals surface area (Å²) < 4.78 is 31.0. The van der Waals surface area contributed by atoms with Crippen molar-refractivity contribution in [1.29, 1.82) is 0 Å². The molecule has 2 unspecified atom stereocenters. The van der Waals surface area contributed by atoms with Crippen LogP contribution in [-0.4, -0.2) is 30.0 Å². The number of aldehydes is 1. The first-order chi connectivity index (χ1) is 17.7. The average molecular weight is 544 g/mol. The topological polar surface area (TPSA) is 109 Å². The molecule has 0 radical (unpaired) electrons. The lowest BCUT2D eigenvalue weighted by molar-refractivity contribution is -0.107. The van der Waals surface area contributed by atoms with Crippen LogP contribution in [0.5, 0.6) is 11.5 Å². The lowest BCUT2D eigenvalue weighted by Crippen LogP contribution is -2.16. The Morgan fingerprint density at radius 2 is 1.89 bits per heavy atom. The number of hydrogen-bond donors (Lipinski definition) is 1. The van der Waals surface area contributed by atoms with E-state index in [0.29, 0.717) is 17.1 Å². The molecular weight excluding hydrogens is 517 g/mol. The van der Waals surface area contributed by atoms with Crippen molar-refractivity contribution >= 4 is 50.9 Å². The van der Waals surface area contributed by atoms with Crippen LogP contribution in [0.2, 0.25) is 0 Å². The van der Waals surface area contributed by atoms with E-state index in [1.807, 2.05) is 19.1 Å². The van der Waals surface area contributed by atoms with Crippen LogP contribution in [0.4, 0.5) is 9.18 Å². The number of carbonyl (C=O) groups excluding carboxylic acids is 2. The maximum absolute atomic E-state index is 13.7. The molecule has 2 N–H and O–H groups in total. The molecule has 0 saturated carbocycles. The first-order valence-corrected chi connectivity index (χ1v) is 13.0. The third-order valence-electron chi connectivity index (χ3n) is 5.34. The summed E-state index contributed by atoms with van der Waals surface area (Å²) in [6.07, 6.45) is 1.20. The highest BCUT2D eigenvalue weighted by Gasteiger charge is 2.19. The molecule has 0 fully saturated rings. The van der Waals surface area contributed by atoms with Crippen molar-refractivity contribution in [3.8, 4) is 11.5 Å². The van der Waals surface area contributed by atoms with Crippen molar-refractivity contribution in [3.63, 3.8) is 0 Å². The van der Waals surface area contributed by atoms with Crippen molar-refractivity contribution in [2.24, 2.45) is 5.73 Å². The zero-order valence-corrected chi connectivity index (χ0v) is 21.7. The molecule has 3 aromatic rings. The van der Waals surface area contributed by atoms with E-state index in [0.717, 1.165) is 29.7 Å². The Labute approximate surface area is 221 Å². The quantitative estimate of drug-likeness (QED) is 0.203. The monoisotopic (exact) mass is 543 g/mol. The van der Waals surface area contributed by atoms with Crippen LogP contribution in [0, 0.1) is 5.82 Å². The van der Waals surface area contributed by atoms with Crippen LogP contribution in [0.1, 0.15) is 30.6 Å². The number of halogens is 1. The minimum absolute atomic E-state index is 0.0220. The van der Waals surface area contributed by atoms with Crippen molar-refractivity contribution in [2.45, 2.75) is 24.5 Å². The van der Waals surface area contributed by atoms with Crippen LogP contribution in [0.25, 0.3) is 15.9 Å². The number of primary amides is 1. The molecule has 0 bridgehead atoms. The molecule has 2 aromatic carbocycles. The molecular formula is C27H26FNO6S2. The van der Waals surface area contributed by atoms with Gasteiger partial charge in [0.1, 0.15) is 36.6 Å². The zero-order valence-electron chi connectivity index (χ0n) is 20.1. The number of rotatable bonds is 13. The SMILES string of the molecule is C=CSC(=C)c1oc2ccc(F)cc2c(=O)c1OCCOc1ccc(C(C)CC(C=O)SC(N)=O)cc1. The van der Waals surface area contributed by atoms with E-state index >= 15 is 0 Å². The maximum atomic E-state index is 13.7. The van der Waals surface area contributed by atoms with Gasteiger partial charge in [0.05, 0.1) is 15.5 Å². The van der Waals surface area contributed by atoms with Crippen LogP contribution in [-0.2, 0) is 4.79 Å². The Kier molecular flexibility index (Phi) is 9.99. The Balaban J connectivity index is 1.65. The number of nitrogens with two attached hydrogens (primary N) is 1. The van der Waals surface area contributed by atoms with E-state index < -0.39 is 21.7 Å². The van der Waals surface area contributed by atoms with Crippen LogP contribution in [0.3, 0.4) is 0 Å². The molecule has 37 heavy (non-hydrogen) atoms. The summed E-state index contributed by atoms with van der Waals surface area (Å²) in [6.45, 7) is 9.65. The fourth-order valence-corrected chi connectivity index (χ4v) is 4.76. The summed E-state index contributed by atoms with van der Waals surface area (Å²) in [5.41, 5.74) is 5.85. The highest BCUT2D eigenvalue weighted by atomic mass is 32.2. The van der Waals surface area contributed by atoms with Gasteiger partial charge in [0, 0.05) is 0 Å². The third-order valence-corrected chi connectivity index (χ3v) is 6.82. The van der Waals surface area contributed by atoms with Gasteiger partial charge in [-0.15, -0.1) is 0 Å². The highest BCUT2D eigenvalue weighted by molar-refractivity contribution is 8.14. The Bertz CT molecular complexity index is 1360. The summed E-state index contributed by atoms with van der Waals surface area (Å²) in [7, 11) is 0. The minimum Gasteiger partial charge on any atom is -0.490 e. The van der Waals surface area contributed by atoms with Crippen LogP contribution in [0.15, 0.2) is 70.2 Å². The van der Waals surface area contributed by atoms with E-state index in [1.54, 1.807) is 17.5 Å². The predicted octanol–water partition coefficient (Wildman–Crippen LogP) is 6.11. The van der Waals surface area contributed by atoms with Gasteiger partial charge in [-0.05, 0) is 53.6 Å². The molecule has 0 aliphatic carbocycles. The zero-order chi connectivity index (χ0) is 26.9. The number of carbonyl (C=O) groups is 2. The summed E-state index contributed by atoms with van der Waals surface area (Å²) in [5, 5.41) is 0.520. The van der Waals surface area contributed by atoms with Crippen LogP contribution < -0.4 is 20.6 Å². The lowest BCUT2D eigenvalue weighted by atomic mass is 9.96. The summed E-state index contributed by atoms with van der Waals surface area (Å²) in [6, 6.07) is 11.0. The molecule has 0 saturated heterocycles. The second kappa shape index (κ2) is 13.2. The van der Waals surface area contributed by atoms with Gasteiger partial charge >= 0.3 is 0 Å². The van der Waals surface area contributed by atoms with Gasteiger partial charge in [-0.3, -0.25) is 9.59 Å². The van der Waals surface area contributed by atoms with E-state index in [4.69, 9.17) is 19.6 Å². The first kappa shape index (κ1) is 28.1. The minimum atomic E-state index is -0.584. The second-order valence-corrected chi connectivity index (χ2v) is 10.3. The van der Waals surface area contributed by atoms with Crippen molar-refractivity contribution in [1.82, 2.24) is 0 Å². The van der Waals surface area contributed by atoms with E-state index in [-0.39, 0.29) is 41.6 Å². The number of hydrogen-bond acceptors (Lipinski definition) is 8. The van der Waals surface area contributed by atoms with Gasteiger partial charge in [-0.25, -0.2) is 4.39 Å². The van der Waals surface area contributed by atoms with Crippen LogP contribution >= 0.6 is 23.5 Å². The number of fused-ring (bicyclic) bond motifs is 1. The Hall–Kier alpha value is -3.50. The lowest BCUT2D eigenvalue weighted by Gasteiger charge is -2.16. The second-order valence-electron chi connectivity index (χ2n) is 7.95. The van der Waals surface area contributed by atoms with Crippen molar-refractivity contribution < 1.29 is 27.9 Å². The summed E-state index contributed by atoms with van der Waals surface area (Å²) >= 11 is 1.99. The van der Waals surface area contributed by atoms with Crippen molar-refractivity contribution in [2.75, 3.05) is 13.2 Å². The fourth-order valence-electron chi connectivity index (χ4n) is 3.58. The Morgan fingerprint density at radius 1 is 1.19 bits per heavy atom. The normalized spacial score (nSPS) is 12.5. The molecule has 3 rings (SSSR count). The van der Waals surface area contributed by atoms with E-state index in [9.17, 15) is 18.8 Å².